The van der Waals surface area contributed by atoms with Crippen LogP contribution in [0.4, 0.5) is 5.69 Å². The van der Waals surface area contributed by atoms with E-state index in [0.29, 0.717) is 33.7 Å². The van der Waals surface area contributed by atoms with E-state index in [-0.39, 0.29) is 10.6 Å². The molecule has 0 fully saturated rings. The average molecular weight is 710 g/mol. The van der Waals surface area contributed by atoms with Crippen LogP contribution in [0.1, 0.15) is 11.1 Å². The zero-order valence-corrected chi connectivity index (χ0v) is 22.7. The van der Waals surface area contributed by atoms with Crippen molar-refractivity contribution in [3.63, 3.8) is 0 Å². The number of rotatable bonds is 6. The lowest BCUT2D eigenvalue weighted by Crippen LogP contribution is -2.13. The molecule has 0 aliphatic carbocycles. The highest BCUT2D eigenvalue weighted by Crippen LogP contribution is 2.32. The summed E-state index contributed by atoms with van der Waals surface area (Å²) < 4.78 is 7.65. The summed E-state index contributed by atoms with van der Waals surface area (Å²) in [5.74, 6) is 0.123. The van der Waals surface area contributed by atoms with Gasteiger partial charge in [-0.25, -0.2) is 0 Å². The van der Waals surface area contributed by atoms with Gasteiger partial charge in [-0.2, -0.15) is 5.26 Å². The molecule has 0 aliphatic rings. The molecule has 0 saturated carbocycles. The number of benzene rings is 3. The van der Waals surface area contributed by atoms with Gasteiger partial charge in [0.2, 0.25) is 0 Å². The number of nitrogens with zero attached hydrogens (tertiary/aromatic N) is 1. The maximum absolute atomic E-state index is 12.6. The van der Waals surface area contributed by atoms with E-state index in [2.05, 4.69) is 50.5 Å². The van der Waals surface area contributed by atoms with Gasteiger partial charge in [0.05, 0.1) is 22.9 Å². The van der Waals surface area contributed by atoms with Gasteiger partial charge >= 0.3 is 0 Å². The Kier molecular flexibility index (Phi) is 9.08. The number of anilines is 1. The molecule has 1 amide bonds. The van der Waals surface area contributed by atoms with Crippen LogP contribution in [0.5, 0.6) is 5.75 Å². The summed E-state index contributed by atoms with van der Waals surface area (Å²) >= 11 is 22.6. The van der Waals surface area contributed by atoms with Crippen LogP contribution in [0.15, 0.2) is 60.2 Å². The lowest BCUT2D eigenvalue weighted by Gasteiger charge is -2.12. The van der Waals surface area contributed by atoms with E-state index < -0.39 is 5.91 Å². The van der Waals surface area contributed by atoms with Crippen LogP contribution in [0, 0.1) is 18.5 Å². The van der Waals surface area contributed by atoms with E-state index >= 15 is 0 Å². The number of halogens is 5. The summed E-state index contributed by atoms with van der Waals surface area (Å²) in [5, 5.41) is 13.3. The van der Waals surface area contributed by atoms with Gasteiger partial charge in [0.25, 0.3) is 5.91 Å². The minimum Gasteiger partial charge on any atom is -0.487 e. The molecule has 1 N–H and O–H groups in total. The van der Waals surface area contributed by atoms with Crippen molar-refractivity contribution in [2.75, 3.05) is 5.32 Å². The normalized spacial score (nSPS) is 11.1. The van der Waals surface area contributed by atoms with Gasteiger partial charge in [0.15, 0.2) is 0 Å². The monoisotopic (exact) mass is 708 g/mol. The summed E-state index contributed by atoms with van der Waals surface area (Å²) in [6.45, 7) is 0.326. The largest absolute Gasteiger partial charge is 0.487 e. The molecule has 9 heteroatoms. The molecule has 0 heterocycles. The van der Waals surface area contributed by atoms with Gasteiger partial charge < -0.3 is 10.1 Å². The van der Waals surface area contributed by atoms with Crippen LogP contribution in [-0.4, -0.2) is 5.91 Å². The topological polar surface area (TPSA) is 62.1 Å². The minimum atomic E-state index is -0.583. The van der Waals surface area contributed by atoms with Crippen molar-refractivity contribution in [1.82, 2.24) is 0 Å². The number of hydrogen-bond donors (Lipinski definition) is 1. The molecule has 0 saturated heterocycles. The van der Waals surface area contributed by atoms with E-state index in [9.17, 15) is 10.1 Å². The predicted octanol–water partition coefficient (Wildman–Crippen LogP) is 7.98. The van der Waals surface area contributed by atoms with Crippen molar-refractivity contribution in [3.8, 4) is 11.8 Å². The zero-order valence-electron chi connectivity index (χ0n) is 16.1. The number of hydrogen-bond acceptors (Lipinski definition) is 3. The molecule has 4 nitrogen and oxygen atoms in total. The number of nitrogens with one attached hydrogen (secondary N) is 1. The molecule has 0 aliphatic heterocycles. The molecule has 0 spiro atoms. The highest BCUT2D eigenvalue weighted by molar-refractivity contribution is 14.1. The van der Waals surface area contributed by atoms with Gasteiger partial charge in [-0.3, -0.25) is 4.79 Å². The highest BCUT2D eigenvalue weighted by Gasteiger charge is 2.15. The van der Waals surface area contributed by atoms with E-state index in [0.717, 1.165) is 12.7 Å². The Hall–Kier alpha value is -1.51. The smallest absolute Gasteiger partial charge is 0.266 e. The Morgan fingerprint density at radius 3 is 2.34 bits per heavy atom. The quantitative estimate of drug-likeness (QED) is 0.161. The Morgan fingerprint density at radius 1 is 1.03 bits per heavy atom. The Balaban J connectivity index is 1.80. The fraction of sp³-hybridized carbons (Fsp3) is 0.0435. The van der Waals surface area contributed by atoms with Gasteiger partial charge in [-0.05, 0) is 87.2 Å². The Labute approximate surface area is 227 Å². The van der Waals surface area contributed by atoms with Crippen LogP contribution in [0.25, 0.3) is 6.08 Å². The molecule has 162 valence electrons. The molecule has 0 aromatic heterocycles. The Morgan fingerprint density at radius 2 is 1.69 bits per heavy atom. The molecule has 3 aromatic carbocycles. The van der Waals surface area contributed by atoms with Gasteiger partial charge in [-0.15, -0.1) is 0 Å². The van der Waals surface area contributed by atoms with E-state index in [1.165, 1.54) is 6.08 Å². The second-order valence-electron chi connectivity index (χ2n) is 6.42. The SMILES string of the molecule is N#C/C(=C/c1cc(I)c(OCc2ccccc2Cl)c(I)c1)C(=O)Nc1cccc(Cl)c1Cl. The first-order valence-corrected chi connectivity index (χ1v) is 12.3. The number of nitriles is 1. The molecule has 3 aromatic rings. The van der Waals surface area contributed by atoms with E-state index in [4.69, 9.17) is 39.5 Å². The second-order valence-corrected chi connectivity index (χ2v) is 9.94. The number of carbonyl (C=O) groups is 1. The van der Waals surface area contributed by atoms with Crippen molar-refractivity contribution >= 4 is 97.7 Å². The lowest BCUT2D eigenvalue weighted by molar-refractivity contribution is -0.112. The Bertz CT molecular complexity index is 1230. The lowest BCUT2D eigenvalue weighted by atomic mass is 10.1. The molecule has 0 radical (unpaired) electrons. The maximum atomic E-state index is 12.6. The summed E-state index contributed by atoms with van der Waals surface area (Å²) in [6, 6.07) is 18.0. The predicted molar refractivity (Wildman–Crippen MR) is 146 cm³/mol. The van der Waals surface area contributed by atoms with E-state index in [1.54, 1.807) is 18.2 Å². The number of carbonyl (C=O) groups excluding carboxylic acids is 1. The van der Waals surface area contributed by atoms with Crippen LogP contribution in [-0.2, 0) is 11.4 Å². The standard InChI is InChI=1S/C23H13Cl3I2N2O2/c24-16-5-2-1-4-14(16)12-32-22-18(27)9-13(10-19(22)28)8-15(11-29)23(31)30-20-7-3-6-17(25)21(20)26/h1-10H,12H2,(H,30,31)/b15-8-. The summed E-state index contributed by atoms with van der Waals surface area (Å²) in [5.41, 5.74) is 1.83. The zero-order chi connectivity index (χ0) is 23.3. The van der Waals surface area contributed by atoms with Crippen molar-refractivity contribution in [2.24, 2.45) is 0 Å². The fourth-order valence-electron chi connectivity index (χ4n) is 2.67. The molecular weight excluding hydrogens is 696 g/mol. The van der Waals surface area contributed by atoms with Gasteiger partial charge in [0, 0.05) is 10.6 Å². The second kappa shape index (κ2) is 11.6. The third-order valence-electron chi connectivity index (χ3n) is 4.23. The minimum absolute atomic E-state index is 0.0719. The van der Waals surface area contributed by atoms with Crippen molar-refractivity contribution in [1.29, 1.82) is 5.26 Å². The van der Waals surface area contributed by atoms with E-state index in [1.807, 2.05) is 42.5 Å². The first-order chi connectivity index (χ1) is 15.3. The summed E-state index contributed by atoms with van der Waals surface area (Å²) in [6.07, 6.45) is 1.51. The molecule has 32 heavy (non-hydrogen) atoms. The van der Waals surface area contributed by atoms with Crippen LogP contribution >= 0.6 is 80.0 Å². The molecule has 0 bridgehead atoms. The first-order valence-electron chi connectivity index (χ1n) is 9.02. The number of ether oxygens (including phenoxy) is 1. The van der Waals surface area contributed by atoms with Crippen LogP contribution in [0.3, 0.4) is 0 Å². The average Bonchev–Trinajstić information content (AvgIpc) is 2.75. The fourth-order valence-corrected chi connectivity index (χ4v) is 5.34. The van der Waals surface area contributed by atoms with Gasteiger partial charge in [-0.1, -0.05) is 59.1 Å². The maximum Gasteiger partial charge on any atom is 0.266 e. The molecule has 0 atom stereocenters. The first kappa shape index (κ1) is 25.1. The third kappa shape index (κ3) is 6.29. The van der Waals surface area contributed by atoms with Gasteiger partial charge in [0.1, 0.15) is 24.0 Å². The third-order valence-corrected chi connectivity index (χ3v) is 7.02. The summed E-state index contributed by atoms with van der Waals surface area (Å²) in [7, 11) is 0. The highest BCUT2D eigenvalue weighted by atomic mass is 127. The van der Waals surface area contributed by atoms with Crippen molar-refractivity contribution in [3.05, 3.63) is 93.5 Å². The van der Waals surface area contributed by atoms with Crippen LogP contribution < -0.4 is 10.1 Å². The molecule has 0 unspecified atom stereocenters. The number of amides is 1. The van der Waals surface area contributed by atoms with Crippen LogP contribution in [0.2, 0.25) is 15.1 Å². The summed E-state index contributed by atoms with van der Waals surface area (Å²) in [4.78, 5) is 12.6. The van der Waals surface area contributed by atoms with Crippen molar-refractivity contribution in [2.45, 2.75) is 6.61 Å². The molecular formula is C23H13Cl3I2N2O2. The molecule has 3 rings (SSSR count). The van der Waals surface area contributed by atoms with Crippen molar-refractivity contribution < 1.29 is 9.53 Å².